The molecular formula is C27H47N3OS. The number of nitrogens with one attached hydrogen (secondary N) is 1. The summed E-state index contributed by atoms with van der Waals surface area (Å²) in [7, 11) is 0. The Morgan fingerprint density at radius 3 is 2.56 bits per heavy atom. The Kier molecular flexibility index (Phi) is 9.60. The molecule has 4 nitrogen and oxygen atoms in total. The number of hydrogen-bond donors (Lipinski definition) is 1. The van der Waals surface area contributed by atoms with E-state index in [2.05, 4.69) is 44.8 Å². The number of carbonyl (C=O) groups excluding carboxylic acids is 1. The zero-order valence-electron chi connectivity index (χ0n) is 21.3. The number of rotatable bonds is 9. The number of thiazole rings is 1. The number of unbranched alkanes of at least 4 members (excludes halogenated alkanes) is 1. The van der Waals surface area contributed by atoms with Gasteiger partial charge in [0.05, 0.1) is 5.01 Å². The van der Waals surface area contributed by atoms with Gasteiger partial charge in [-0.3, -0.25) is 4.79 Å². The minimum Gasteiger partial charge on any atom is -0.348 e. The van der Waals surface area contributed by atoms with Crippen LogP contribution < -0.4 is 5.32 Å². The lowest BCUT2D eigenvalue weighted by Gasteiger charge is -2.40. The van der Waals surface area contributed by atoms with Gasteiger partial charge in [-0.15, -0.1) is 11.3 Å². The van der Waals surface area contributed by atoms with E-state index in [1.807, 2.05) is 5.38 Å². The molecule has 0 radical (unpaired) electrons. The third-order valence-corrected chi connectivity index (χ3v) is 8.95. The minimum atomic E-state index is 0.0350. The van der Waals surface area contributed by atoms with Crippen molar-refractivity contribution in [3.63, 3.8) is 0 Å². The standard InChI is InChI=1S/C27H47N3OS/c1-6-8-11-20(7-2)18-30-16-14-21(15-17-30)26-29-24(19-32-26)25(31)28-23-13-10-9-12-22(23)27(3,4)5/h19-23H,6-18H2,1-5H3,(H,28,31)/t20?,22?,23-/m1/s1. The highest BCUT2D eigenvalue weighted by Crippen LogP contribution is 2.38. The van der Waals surface area contributed by atoms with Crippen LogP contribution in [-0.4, -0.2) is 41.5 Å². The summed E-state index contributed by atoms with van der Waals surface area (Å²) >= 11 is 1.69. The van der Waals surface area contributed by atoms with E-state index < -0.39 is 0 Å². The van der Waals surface area contributed by atoms with E-state index in [0.29, 0.717) is 17.5 Å². The van der Waals surface area contributed by atoms with Crippen molar-refractivity contribution in [2.24, 2.45) is 17.3 Å². The van der Waals surface area contributed by atoms with Crippen LogP contribution in [0.25, 0.3) is 0 Å². The lowest BCUT2D eigenvalue weighted by Crippen LogP contribution is -2.46. The quantitative estimate of drug-likeness (QED) is 0.436. The first-order valence-corrected chi connectivity index (χ1v) is 14.2. The molecular weight excluding hydrogens is 414 g/mol. The third kappa shape index (κ3) is 7.03. The summed E-state index contributed by atoms with van der Waals surface area (Å²) in [6.07, 6.45) is 12.5. The summed E-state index contributed by atoms with van der Waals surface area (Å²) in [5, 5.41) is 6.52. The summed E-state index contributed by atoms with van der Waals surface area (Å²) in [5.41, 5.74) is 0.865. The van der Waals surface area contributed by atoms with Crippen molar-refractivity contribution >= 4 is 17.2 Å². The molecule has 2 heterocycles. The van der Waals surface area contributed by atoms with Crippen molar-refractivity contribution in [2.45, 2.75) is 111 Å². The number of carbonyl (C=O) groups is 1. The number of amides is 1. The molecule has 5 heteroatoms. The summed E-state index contributed by atoms with van der Waals surface area (Å²) in [6.45, 7) is 15.1. The normalized spacial score (nSPS) is 24.4. The predicted octanol–water partition coefficient (Wildman–Crippen LogP) is 6.87. The van der Waals surface area contributed by atoms with E-state index in [4.69, 9.17) is 4.98 Å². The van der Waals surface area contributed by atoms with Crippen molar-refractivity contribution in [1.29, 1.82) is 0 Å². The lowest BCUT2D eigenvalue weighted by atomic mass is 9.69. The second-order valence-corrected chi connectivity index (χ2v) is 12.3. The number of aromatic nitrogens is 1. The van der Waals surface area contributed by atoms with E-state index in [-0.39, 0.29) is 17.4 Å². The van der Waals surface area contributed by atoms with Gasteiger partial charge in [0.15, 0.2) is 0 Å². The molecule has 1 aromatic heterocycles. The van der Waals surface area contributed by atoms with Gasteiger partial charge in [-0.1, -0.05) is 66.7 Å². The summed E-state index contributed by atoms with van der Waals surface area (Å²) in [6, 6.07) is 0.281. The highest BCUT2D eigenvalue weighted by atomic mass is 32.1. The monoisotopic (exact) mass is 461 g/mol. The van der Waals surface area contributed by atoms with Crippen LogP contribution in [-0.2, 0) is 0 Å². The second kappa shape index (κ2) is 12.0. The highest BCUT2D eigenvalue weighted by molar-refractivity contribution is 7.09. The Morgan fingerprint density at radius 1 is 1.19 bits per heavy atom. The molecule has 2 aliphatic rings. The smallest absolute Gasteiger partial charge is 0.270 e. The van der Waals surface area contributed by atoms with Gasteiger partial charge in [-0.05, 0) is 62.4 Å². The number of hydrogen-bond acceptors (Lipinski definition) is 4. The number of likely N-dealkylation sites (tertiary alicyclic amines) is 1. The molecule has 1 saturated carbocycles. The molecule has 3 atom stereocenters. The molecule has 0 spiro atoms. The van der Waals surface area contributed by atoms with Crippen LogP contribution in [0, 0.1) is 17.3 Å². The highest BCUT2D eigenvalue weighted by Gasteiger charge is 2.35. The first kappa shape index (κ1) is 25.7. The van der Waals surface area contributed by atoms with E-state index in [9.17, 15) is 4.79 Å². The summed E-state index contributed by atoms with van der Waals surface area (Å²) in [5.74, 6) is 1.95. The fourth-order valence-corrected chi connectivity index (χ4v) is 6.78. The van der Waals surface area contributed by atoms with Gasteiger partial charge in [-0.2, -0.15) is 0 Å². The molecule has 1 saturated heterocycles. The average molecular weight is 462 g/mol. The van der Waals surface area contributed by atoms with Gasteiger partial charge in [0, 0.05) is 23.9 Å². The van der Waals surface area contributed by atoms with E-state index in [0.717, 1.165) is 12.3 Å². The van der Waals surface area contributed by atoms with E-state index in [1.54, 1.807) is 11.3 Å². The lowest BCUT2D eigenvalue weighted by molar-refractivity contribution is 0.0825. The maximum atomic E-state index is 13.0. The third-order valence-electron chi connectivity index (χ3n) is 7.95. The van der Waals surface area contributed by atoms with Crippen LogP contribution in [0.4, 0.5) is 0 Å². The first-order valence-electron chi connectivity index (χ1n) is 13.3. The number of nitrogens with zero attached hydrogens (tertiary/aromatic N) is 2. The Labute approximate surface area is 201 Å². The maximum Gasteiger partial charge on any atom is 0.270 e. The van der Waals surface area contributed by atoms with Gasteiger partial charge in [0.1, 0.15) is 5.69 Å². The molecule has 1 aromatic rings. The van der Waals surface area contributed by atoms with Crippen molar-refractivity contribution in [1.82, 2.24) is 15.2 Å². The zero-order chi connectivity index (χ0) is 23.1. The molecule has 1 aliphatic heterocycles. The Morgan fingerprint density at radius 2 is 1.91 bits per heavy atom. The molecule has 1 aliphatic carbocycles. The van der Waals surface area contributed by atoms with Crippen molar-refractivity contribution in [2.75, 3.05) is 19.6 Å². The molecule has 182 valence electrons. The van der Waals surface area contributed by atoms with Crippen LogP contribution in [0.1, 0.15) is 120 Å². The Bertz CT molecular complexity index is 702. The molecule has 2 fully saturated rings. The fraction of sp³-hybridized carbons (Fsp3) is 0.852. The maximum absolute atomic E-state index is 13.0. The molecule has 3 rings (SSSR count). The topological polar surface area (TPSA) is 45.2 Å². The van der Waals surface area contributed by atoms with Gasteiger partial charge in [0.25, 0.3) is 5.91 Å². The van der Waals surface area contributed by atoms with Crippen molar-refractivity contribution in [3.8, 4) is 0 Å². The van der Waals surface area contributed by atoms with Gasteiger partial charge < -0.3 is 10.2 Å². The average Bonchev–Trinajstić information content (AvgIpc) is 3.27. The zero-order valence-corrected chi connectivity index (χ0v) is 22.1. The van der Waals surface area contributed by atoms with Crippen LogP contribution in [0.15, 0.2) is 5.38 Å². The van der Waals surface area contributed by atoms with Crippen LogP contribution in [0.3, 0.4) is 0 Å². The van der Waals surface area contributed by atoms with Gasteiger partial charge in [0.2, 0.25) is 0 Å². The van der Waals surface area contributed by atoms with Crippen LogP contribution in [0.2, 0.25) is 0 Å². The van der Waals surface area contributed by atoms with Gasteiger partial charge >= 0.3 is 0 Å². The van der Waals surface area contributed by atoms with Gasteiger partial charge in [-0.25, -0.2) is 4.98 Å². The number of piperidine rings is 1. The molecule has 1 N–H and O–H groups in total. The first-order chi connectivity index (χ1) is 15.3. The molecule has 0 aromatic carbocycles. The largest absolute Gasteiger partial charge is 0.348 e. The predicted molar refractivity (Wildman–Crippen MR) is 137 cm³/mol. The Balaban J connectivity index is 1.51. The molecule has 1 amide bonds. The van der Waals surface area contributed by atoms with E-state index in [1.165, 1.54) is 82.4 Å². The Hall–Kier alpha value is -0.940. The van der Waals surface area contributed by atoms with Crippen LogP contribution >= 0.6 is 11.3 Å². The molecule has 32 heavy (non-hydrogen) atoms. The summed E-state index contributed by atoms with van der Waals surface area (Å²) in [4.78, 5) is 20.5. The van der Waals surface area contributed by atoms with Crippen molar-refractivity contribution < 1.29 is 4.79 Å². The van der Waals surface area contributed by atoms with Crippen molar-refractivity contribution in [3.05, 3.63) is 16.1 Å². The molecule has 0 bridgehead atoms. The second-order valence-electron chi connectivity index (χ2n) is 11.4. The van der Waals surface area contributed by atoms with E-state index >= 15 is 0 Å². The minimum absolute atomic E-state index is 0.0350. The molecule has 2 unspecified atom stereocenters. The van der Waals surface area contributed by atoms with Crippen LogP contribution in [0.5, 0.6) is 0 Å². The fourth-order valence-electron chi connectivity index (χ4n) is 5.81. The SMILES string of the molecule is CCCCC(CC)CN1CCC(c2nc(C(=O)N[C@@H]3CCCCC3C(C)(C)C)cs2)CC1. The summed E-state index contributed by atoms with van der Waals surface area (Å²) < 4.78 is 0.